The fourth-order valence-corrected chi connectivity index (χ4v) is 2.81. The Balaban J connectivity index is 3.39. The number of nitrogens with zero attached hydrogens (tertiary/aromatic N) is 1. The monoisotopic (exact) mass is 314 g/mol. The van der Waals surface area contributed by atoms with E-state index in [2.05, 4.69) is 36.8 Å². The van der Waals surface area contributed by atoms with Crippen LogP contribution >= 0.6 is 31.9 Å². The molecule has 0 fully saturated rings. The second-order valence-corrected chi connectivity index (χ2v) is 5.23. The third kappa shape index (κ3) is 2.25. The van der Waals surface area contributed by atoms with Gasteiger partial charge in [0.25, 0.3) is 10.0 Å². The summed E-state index contributed by atoms with van der Waals surface area (Å²) >= 11 is 6.17. The first-order chi connectivity index (χ1) is 5.41. The Bertz CT molecular complexity index is 404. The van der Waals surface area contributed by atoms with E-state index in [4.69, 9.17) is 5.14 Å². The van der Waals surface area contributed by atoms with Gasteiger partial charge in [-0.1, -0.05) is 0 Å². The van der Waals surface area contributed by atoms with Gasteiger partial charge in [-0.3, -0.25) is 0 Å². The van der Waals surface area contributed by atoms with Crippen molar-refractivity contribution >= 4 is 41.9 Å². The Labute approximate surface area is 86.5 Å². The second-order valence-electron chi connectivity index (χ2n) is 1.99. The van der Waals surface area contributed by atoms with Crippen molar-refractivity contribution in [2.24, 2.45) is 5.14 Å². The highest BCUT2D eigenvalue weighted by atomic mass is 79.9. The van der Waals surface area contributed by atoms with Crippen LogP contribution in [-0.2, 0) is 10.0 Å². The summed E-state index contributed by atoms with van der Waals surface area (Å²) in [4.78, 5) is 3.64. The van der Waals surface area contributed by atoms with E-state index >= 15 is 0 Å². The zero-order chi connectivity index (χ0) is 9.35. The van der Waals surface area contributed by atoms with Gasteiger partial charge in [-0.25, -0.2) is 18.5 Å². The van der Waals surface area contributed by atoms with Gasteiger partial charge in [0.2, 0.25) is 0 Å². The summed E-state index contributed by atoms with van der Waals surface area (Å²) in [7, 11) is -3.73. The van der Waals surface area contributed by atoms with Crippen LogP contribution in [0.5, 0.6) is 0 Å². The van der Waals surface area contributed by atoms with Gasteiger partial charge in [-0.2, -0.15) is 0 Å². The molecular weight excluding hydrogens is 312 g/mol. The van der Waals surface area contributed by atoms with Crippen LogP contribution in [0.1, 0.15) is 0 Å². The van der Waals surface area contributed by atoms with Gasteiger partial charge in [-0.15, -0.1) is 0 Å². The van der Waals surface area contributed by atoms with E-state index in [0.29, 0.717) is 8.95 Å². The van der Waals surface area contributed by atoms with E-state index < -0.39 is 10.0 Å². The number of pyridine rings is 1. The molecule has 0 aliphatic carbocycles. The molecule has 1 heterocycles. The molecule has 4 nitrogen and oxygen atoms in total. The first-order valence-electron chi connectivity index (χ1n) is 2.75. The van der Waals surface area contributed by atoms with Crippen LogP contribution in [0, 0.1) is 0 Å². The Morgan fingerprint density at radius 3 is 2.42 bits per heavy atom. The zero-order valence-corrected chi connectivity index (χ0v) is 9.65. The number of rotatable bonds is 1. The summed E-state index contributed by atoms with van der Waals surface area (Å²) in [6.07, 6.45) is 1.37. The number of halogens is 2. The SMILES string of the molecule is NS(=O)(=O)c1ncc(Br)cc1Br. The Kier molecular flexibility index (Phi) is 2.87. The van der Waals surface area contributed by atoms with Crippen molar-refractivity contribution in [3.05, 3.63) is 21.2 Å². The number of aromatic nitrogens is 1. The Morgan fingerprint density at radius 1 is 1.42 bits per heavy atom. The molecule has 2 N–H and O–H groups in total. The van der Waals surface area contributed by atoms with Crippen molar-refractivity contribution in [1.82, 2.24) is 4.98 Å². The summed E-state index contributed by atoms with van der Waals surface area (Å²) in [5.41, 5.74) is 0. The third-order valence-corrected chi connectivity index (χ3v) is 3.21. The maximum Gasteiger partial charge on any atom is 0.256 e. The highest BCUT2D eigenvalue weighted by Gasteiger charge is 2.13. The third-order valence-electron chi connectivity index (χ3n) is 1.04. The highest BCUT2D eigenvalue weighted by molar-refractivity contribution is 9.11. The van der Waals surface area contributed by atoms with Crippen molar-refractivity contribution in [3.8, 4) is 0 Å². The number of hydrogen-bond acceptors (Lipinski definition) is 3. The first kappa shape index (κ1) is 10.1. The van der Waals surface area contributed by atoms with Gasteiger partial charge in [0.15, 0.2) is 5.03 Å². The van der Waals surface area contributed by atoms with E-state index in [0.717, 1.165) is 0 Å². The van der Waals surface area contributed by atoms with Crippen molar-refractivity contribution in [1.29, 1.82) is 0 Å². The molecule has 1 rings (SSSR count). The molecule has 0 bridgehead atoms. The molecule has 1 aromatic heterocycles. The predicted octanol–water partition coefficient (Wildman–Crippen LogP) is 1.25. The predicted molar refractivity (Wildman–Crippen MR) is 51.0 cm³/mol. The largest absolute Gasteiger partial charge is 0.256 e. The van der Waals surface area contributed by atoms with Crippen LogP contribution in [0.4, 0.5) is 0 Å². The molecule has 0 radical (unpaired) electrons. The number of sulfonamides is 1. The molecule has 0 atom stereocenters. The zero-order valence-electron chi connectivity index (χ0n) is 5.66. The molecule has 0 amide bonds. The van der Waals surface area contributed by atoms with E-state index in [9.17, 15) is 8.42 Å². The Morgan fingerprint density at radius 2 is 2.00 bits per heavy atom. The molecule has 12 heavy (non-hydrogen) atoms. The maximum absolute atomic E-state index is 10.8. The minimum absolute atomic E-state index is 0.161. The summed E-state index contributed by atoms with van der Waals surface area (Å²) in [6.45, 7) is 0. The highest BCUT2D eigenvalue weighted by Crippen LogP contribution is 2.21. The van der Waals surface area contributed by atoms with Crippen LogP contribution in [-0.4, -0.2) is 13.4 Å². The summed E-state index contributed by atoms with van der Waals surface area (Å²) < 4.78 is 22.7. The molecular formula is C5H4Br2N2O2S. The average molecular weight is 316 g/mol. The minimum atomic E-state index is -3.73. The molecule has 0 saturated heterocycles. The first-order valence-corrected chi connectivity index (χ1v) is 5.88. The summed E-state index contributed by atoms with van der Waals surface area (Å²) in [5, 5.41) is 4.71. The minimum Gasteiger partial charge on any atom is -0.241 e. The molecule has 0 aliphatic heterocycles. The summed E-state index contributed by atoms with van der Waals surface area (Å²) in [5.74, 6) is 0. The number of hydrogen-bond donors (Lipinski definition) is 1. The lowest BCUT2D eigenvalue weighted by atomic mass is 10.5. The average Bonchev–Trinajstić information content (AvgIpc) is 1.83. The lowest BCUT2D eigenvalue weighted by Crippen LogP contribution is -2.14. The van der Waals surface area contributed by atoms with Crippen molar-refractivity contribution in [2.75, 3.05) is 0 Å². The van der Waals surface area contributed by atoms with Crippen LogP contribution in [0.15, 0.2) is 26.2 Å². The lowest BCUT2D eigenvalue weighted by molar-refractivity contribution is 0.593. The van der Waals surface area contributed by atoms with Crippen LogP contribution in [0.3, 0.4) is 0 Å². The fourth-order valence-electron chi connectivity index (χ4n) is 0.611. The van der Waals surface area contributed by atoms with Gasteiger partial charge in [0.1, 0.15) is 0 Å². The molecule has 0 aliphatic rings. The van der Waals surface area contributed by atoms with Gasteiger partial charge < -0.3 is 0 Å². The van der Waals surface area contributed by atoms with Gasteiger partial charge in [0.05, 0.1) is 4.47 Å². The van der Waals surface area contributed by atoms with Crippen LogP contribution in [0.2, 0.25) is 0 Å². The van der Waals surface area contributed by atoms with E-state index in [-0.39, 0.29) is 5.03 Å². The molecule has 0 aromatic carbocycles. The quantitative estimate of drug-likeness (QED) is 0.847. The molecule has 1 aromatic rings. The van der Waals surface area contributed by atoms with Gasteiger partial charge in [0, 0.05) is 10.7 Å². The number of primary sulfonamides is 1. The van der Waals surface area contributed by atoms with Crippen LogP contribution in [0.25, 0.3) is 0 Å². The van der Waals surface area contributed by atoms with Crippen molar-refractivity contribution in [2.45, 2.75) is 5.03 Å². The van der Waals surface area contributed by atoms with Crippen molar-refractivity contribution < 1.29 is 8.42 Å². The second kappa shape index (κ2) is 3.41. The molecule has 66 valence electrons. The molecule has 0 spiro atoms. The molecule has 0 saturated carbocycles. The Hall–Kier alpha value is 0.0200. The number of nitrogens with two attached hydrogens (primary N) is 1. The van der Waals surface area contributed by atoms with E-state index in [1.54, 1.807) is 6.07 Å². The van der Waals surface area contributed by atoms with Gasteiger partial charge >= 0.3 is 0 Å². The van der Waals surface area contributed by atoms with Crippen molar-refractivity contribution in [3.63, 3.8) is 0 Å². The van der Waals surface area contributed by atoms with Crippen LogP contribution < -0.4 is 5.14 Å². The fraction of sp³-hybridized carbons (Fsp3) is 0. The normalized spacial score (nSPS) is 11.6. The maximum atomic E-state index is 10.8. The molecule has 7 heteroatoms. The lowest BCUT2D eigenvalue weighted by Gasteiger charge is -1.99. The topological polar surface area (TPSA) is 73.1 Å². The molecule has 0 unspecified atom stereocenters. The smallest absolute Gasteiger partial charge is 0.241 e. The standard InChI is InChI=1S/C5H4Br2N2O2S/c6-3-1-4(7)5(9-2-3)12(8,10)11/h1-2H,(H2,8,10,11). The van der Waals surface area contributed by atoms with E-state index in [1.807, 2.05) is 0 Å². The van der Waals surface area contributed by atoms with E-state index in [1.165, 1.54) is 6.20 Å². The summed E-state index contributed by atoms with van der Waals surface area (Å²) in [6, 6.07) is 1.56. The van der Waals surface area contributed by atoms with Gasteiger partial charge in [-0.05, 0) is 37.9 Å².